The van der Waals surface area contributed by atoms with Crippen LogP contribution in [0.1, 0.15) is 57.2 Å². The van der Waals surface area contributed by atoms with E-state index in [9.17, 15) is 9.59 Å². The molecular formula is C12H19N3O5. The van der Waals surface area contributed by atoms with Gasteiger partial charge in [0.1, 0.15) is 11.6 Å². The van der Waals surface area contributed by atoms with Crippen LogP contribution in [0.15, 0.2) is 4.42 Å². The van der Waals surface area contributed by atoms with Crippen molar-refractivity contribution in [2.45, 2.75) is 46.3 Å². The van der Waals surface area contributed by atoms with E-state index in [1.165, 1.54) is 0 Å². The van der Waals surface area contributed by atoms with Gasteiger partial charge in [-0.1, -0.05) is 0 Å². The number of esters is 1. The predicted octanol–water partition coefficient (Wildman–Crippen LogP) is 1.83. The summed E-state index contributed by atoms with van der Waals surface area (Å²) in [4.78, 5) is 22.9. The summed E-state index contributed by atoms with van der Waals surface area (Å²) in [7, 11) is 0. The summed E-state index contributed by atoms with van der Waals surface area (Å²) in [6.45, 7) is 8.77. The molecule has 20 heavy (non-hydrogen) atoms. The summed E-state index contributed by atoms with van der Waals surface area (Å²) in [6.07, 6.45) is -0.610. The maximum atomic E-state index is 11.6. The molecule has 0 saturated carbocycles. The van der Waals surface area contributed by atoms with E-state index in [2.05, 4.69) is 15.5 Å². The van der Waals surface area contributed by atoms with Crippen LogP contribution in [0.2, 0.25) is 0 Å². The molecular weight excluding hydrogens is 266 g/mol. The third kappa shape index (κ3) is 4.87. The van der Waals surface area contributed by atoms with Crippen molar-refractivity contribution in [3.8, 4) is 0 Å². The van der Waals surface area contributed by atoms with E-state index >= 15 is 0 Å². The number of nitrogens with zero attached hydrogens (tertiary/aromatic N) is 2. The van der Waals surface area contributed by atoms with Crippen molar-refractivity contribution in [1.29, 1.82) is 0 Å². The highest BCUT2D eigenvalue weighted by atomic mass is 16.6. The Morgan fingerprint density at radius 2 is 2.00 bits per heavy atom. The topological polar surface area (TPSA) is 104 Å². The van der Waals surface area contributed by atoms with E-state index in [-0.39, 0.29) is 18.4 Å². The Bertz CT molecular complexity index is 478. The molecule has 1 aromatic heterocycles. The molecule has 0 aromatic carbocycles. The summed E-state index contributed by atoms with van der Waals surface area (Å²) >= 11 is 0. The van der Waals surface area contributed by atoms with Gasteiger partial charge in [-0.15, -0.1) is 10.2 Å². The van der Waals surface area contributed by atoms with Gasteiger partial charge in [0, 0.05) is 0 Å². The fourth-order valence-corrected chi connectivity index (χ4v) is 1.23. The van der Waals surface area contributed by atoms with Gasteiger partial charge in [-0.3, -0.25) is 0 Å². The molecule has 1 atom stereocenters. The predicted molar refractivity (Wildman–Crippen MR) is 68.0 cm³/mol. The van der Waals surface area contributed by atoms with Gasteiger partial charge in [-0.2, -0.15) is 0 Å². The Morgan fingerprint density at radius 1 is 1.35 bits per heavy atom. The van der Waals surface area contributed by atoms with Gasteiger partial charge < -0.3 is 19.2 Å². The Balaban J connectivity index is 2.62. The number of carbonyl (C=O) groups is 2. The van der Waals surface area contributed by atoms with Gasteiger partial charge in [0.15, 0.2) is 0 Å². The third-order valence-electron chi connectivity index (χ3n) is 1.99. The second-order valence-electron chi connectivity index (χ2n) is 5.03. The maximum absolute atomic E-state index is 11.6. The van der Waals surface area contributed by atoms with Crippen LogP contribution in [0.4, 0.5) is 4.79 Å². The van der Waals surface area contributed by atoms with Gasteiger partial charge >= 0.3 is 18.0 Å². The molecule has 0 radical (unpaired) electrons. The van der Waals surface area contributed by atoms with Gasteiger partial charge in [-0.05, 0) is 34.6 Å². The van der Waals surface area contributed by atoms with Crippen molar-refractivity contribution in [1.82, 2.24) is 15.5 Å². The van der Waals surface area contributed by atoms with E-state index in [4.69, 9.17) is 13.9 Å². The van der Waals surface area contributed by atoms with E-state index in [0.717, 1.165) is 0 Å². The zero-order valence-corrected chi connectivity index (χ0v) is 12.2. The molecule has 0 aliphatic carbocycles. The van der Waals surface area contributed by atoms with Gasteiger partial charge in [0.25, 0.3) is 0 Å². The Labute approximate surface area is 116 Å². The SMILES string of the molecule is CCOC(=O)c1nnc([C@@H](C)NC(=O)OC(C)(C)C)o1. The highest BCUT2D eigenvalue weighted by molar-refractivity contribution is 5.83. The van der Waals surface area contributed by atoms with Crippen LogP contribution < -0.4 is 5.32 Å². The fraction of sp³-hybridized carbons (Fsp3) is 0.667. The number of alkyl carbamates (subject to hydrolysis) is 1. The summed E-state index contributed by atoms with van der Waals surface area (Å²) in [6, 6.07) is -0.583. The summed E-state index contributed by atoms with van der Waals surface area (Å²) < 4.78 is 14.9. The minimum Gasteiger partial charge on any atom is -0.459 e. The lowest BCUT2D eigenvalue weighted by atomic mass is 10.2. The molecule has 8 nitrogen and oxygen atoms in total. The molecule has 0 saturated heterocycles. The highest BCUT2D eigenvalue weighted by Gasteiger charge is 2.23. The smallest absolute Gasteiger partial charge is 0.408 e. The second kappa shape index (κ2) is 6.36. The first-order chi connectivity index (χ1) is 9.23. The Hall–Kier alpha value is -2.12. The number of hydrogen-bond acceptors (Lipinski definition) is 7. The highest BCUT2D eigenvalue weighted by Crippen LogP contribution is 2.13. The molecule has 0 fully saturated rings. The number of hydrogen-bond donors (Lipinski definition) is 1. The van der Waals surface area contributed by atoms with Crippen molar-refractivity contribution in [2.24, 2.45) is 0 Å². The average Bonchev–Trinajstić information content (AvgIpc) is 2.75. The molecule has 112 valence electrons. The van der Waals surface area contributed by atoms with Crippen molar-refractivity contribution in [3.05, 3.63) is 11.8 Å². The first-order valence-corrected chi connectivity index (χ1v) is 6.23. The molecule has 0 aliphatic heterocycles. The maximum Gasteiger partial charge on any atom is 0.408 e. The van der Waals surface area contributed by atoms with E-state index in [1.54, 1.807) is 34.6 Å². The molecule has 1 amide bonds. The largest absolute Gasteiger partial charge is 0.459 e. The lowest BCUT2D eigenvalue weighted by Crippen LogP contribution is -2.34. The number of amides is 1. The van der Waals surface area contributed by atoms with Gasteiger partial charge in [-0.25, -0.2) is 9.59 Å². The molecule has 0 unspecified atom stereocenters. The minimum atomic E-state index is -0.698. The molecule has 8 heteroatoms. The van der Waals surface area contributed by atoms with Gasteiger partial charge in [0.05, 0.1) is 6.61 Å². The number of carbonyl (C=O) groups excluding carboxylic acids is 2. The van der Waals surface area contributed by atoms with Crippen molar-refractivity contribution in [2.75, 3.05) is 6.61 Å². The molecule has 0 spiro atoms. The summed E-state index contributed by atoms with van der Waals surface area (Å²) in [5.41, 5.74) is -0.602. The molecule has 1 N–H and O–H groups in total. The molecule has 1 heterocycles. The quantitative estimate of drug-likeness (QED) is 0.841. The molecule has 0 aliphatic rings. The zero-order chi connectivity index (χ0) is 15.3. The van der Waals surface area contributed by atoms with Crippen LogP contribution in [0, 0.1) is 0 Å². The fourth-order valence-electron chi connectivity index (χ4n) is 1.23. The average molecular weight is 285 g/mol. The standard InChI is InChI=1S/C12H19N3O5/c1-6-18-10(16)9-15-14-8(19-9)7(2)13-11(17)20-12(3,4)5/h7H,6H2,1-5H3,(H,13,17)/t7-/m1/s1. The van der Waals surface area contributed by atoms with E-state index in [1.807, 2.05) is 0 Å². The molecule has 1 aromatic rings. The van der Waals surface area contributed by atoms with Crippen LogP contribution in [-0.4, -0.2) is 34.5 Å². The molecule has 1 rings (SSSR count). The number of rotatable bonds is 4. The number of aromatic nitrogens is 2. The summed E-state index contributed by atoms with van der Waals surface area (Å²) in [5.74, 6) is -0.852. The normalized spacial score (nSPS) is 12.7. The Morgan fingerprint density at radius 3 is 2.55 bits per heavy atom. The number of ether oxygens (including phenoxy) is 2. The third-order valence-corrected chi connectivity index (χ3v) is 1.99. The van der Waals surface area contributed by atoms with E-state index in [0.29, 0.717) is 0 Å². The van der Waals surface area contributed by atoms with Crippen LogP contribution in [0.25, 0.3) is 0 Å². The van der Waals surface area contributed by atoms with Crippen LogP contribution >= 0.6 is 0 Å². The van der Waals surface area contributed by atoms with Crippen molar-refractivity contribution in [3.63, 3.8) is 0 Å². The monoisotopic (exact) mass is 285 g/mol. The first kappa shape index (κ1) is 15.9. The van der Waals surface area contributed by atoms with Gasteiger partial charge in [0.2, 0.25) is 5.89 Å². The summed E-state index contributed by atoms with van der Waals surface area (Å²) in [5, 5.41) is 9.76. The van der Waals surface area contributed by atoms with Crippen LogP contribution in [0.5, 0.6) is 0 Å². The first-order valence-electron chi connectivity index (χ1n) is 6.23. The lowest BCUT2D eigenvalue weighted by Gasteiger charge is -2.20. The van der Waals surface area contributed by atoms with Crippen LogP contribution in [0.3, 0.4) is 0 Å². The van der Waals surface area contributed by atoms with Crippen LogP contribution in [-0.2, 0) is 9.47 Å². The molecule has 0 bridgehead atoms. The van der Waals surface area contributed by atoms with E-state index < -0.39 is 23.7 Å². The zero-order valence-electron chi connectivity index (χ0n) is 12.2. The Kier molecular flexibility index (Phi) is 5.06. The second-order valence-corrected chi connectivity index (χ2v) is 5.03. The number of nitrogens with one attached hydrogen (secondary N) is 1. The van der Waals surface area contributed by atoms with Crippen molar-refractivity contribution >= 4 is 12.1 Å². The van der Waals surface area contributed by atoms with Crippen molar-refractivity contribution < 1.29 is 23.5 Å². The lowest BCUT2D eigenvalue weighted by molar-refractivity contribution is 0.0476. The minimum absolute atomic E-state index is 0.0962.